The van der Waals surface area contributed by atoms with Crippen molar-refractivity contribution in [3.8, 4) is 11.5 Å². The molecular weight excluding hydrogens is 242 g/mol. The molecule has 0 atom stereocenters. The molecule has 0 unspecified atom stereocenters. The number of carbonyl (C=O) groups is 1. The van der Waals surface area contributed by atoms with Crippen LogP contribution in [0.4, 0.5) is 0 Å². The maximum Gasteiger partial charge on any atom is 0.313 e. The van der Waals surface area contributed by atoms with Crippen LogP contribution in [0.2, 0.25) is 0 Å². The average Bonchev–Trinajstić information content (AvgIpc) is 2.94. The van der Waals surface area contributed by atoms with Gasteiger partial charge in [0.15, 0.2) is 11.0 Å². The Hall–Kier alpha value is -1.83. The number of nitrogens with one attached hydrogen (secondary N) is 1. The third-order valence-electron chi connectivity index (χ3n) is 2.10. The molecule has 2 heterocycles. The zero-order chi connectivity index (χ0) is 12.3. The summed E-state index contributed by atoms with van der Waals surface area (Å²) in [5, 5.41) is 23.9. The fourth-order valence-electron chi connectivity index (χ4n) is 1.39. The van der Waals surface area contributed by atoms with E-state index in [0.29, 0.717) is 17.5 Å². The van der Waals surface area contributed by atoms with Crippen LogP contribution in [0.15, 0.2) is 17.4 Å². The number of aliphatic carboxylic acids is 1. The molecule has 0 aliphatic heterocycles. The van der Waals surface area contributed by atoms with E-state index in [1.54, 1.807) is 12.3 Å². The van der Waals surface area contributed by atoms with Gasteiger partial charge in [-0.15, -0.1) is 10.2 Å². The van der Waals surface area contributed by atoms with Gasteiger partial charge in [0.05, 0.1) is 5.75 Å². The molecule has 2 rings (SSSR count). The first kappa shape index (κ1) is 11.6. The van der Waals surface area contributed by atoms with Crippen LogP contribution < -0.4 is 0 Å². The maximum atomic E-state index is 10.5. The Kier molecular flexibility index (Phi) is 3.43. The smallest absolute Gasteiger partial charge is 0.313 e. The number of carboxylic acid groups (broad SMARTS) is 1. The summed E-state index contributed by atoms with van der Waals surface area (Å²) < 4.78 is 1.85. The van der Waals surface area contributed by atoms with Crippen LogP contribution >= 0.6 is 11.8 Å². The number of H-pyrrole nitrogens is 1. The first-order valence-electron chi connectivity index (χ1n) is 5.00. The molecule has 0 saturated carbocycles. The van der Waals surface area contributed by atoms with Crippen LogP contribution in [0, 0.1) is 0 Å². The Labute approximate surface area is 101 Å². The molecule has 2 aromatic rings. The van der Waals surface area contributed by atoms with Crippen LogP contribution in [0.3, 0.4) is 0 Å². The number of thioether (sulfide) groups is 1. The van der Waals surface area contributed by atoms with Gasteiger partial charge in [0.1, 0.15) is 5.69 Å². The maximum absolute atomic E-state index is 10.5. The first-order valence-corrected chi connectivity index (χ1v) is 5.98. The molecule has 17 heavy (non-hydrogen) atoms. The lowest BCUT2D eigenvalue weighted by molar-refractivity contribution is -0.133. The van der Waals surface area contributed by atoms with Gasteiger partial charge in [-0.25, -0.2) is 0 Å². The lowest BCUT2D eigenvalue weighted by atomic mass is 10.4. The molecule has 0 fully saturated rings. The molecule has 0 aliphatic rings. The van der Waals surface area contributed by atoms with Crippen LogP contribution in [0.5, 0.6) is 0 Å². The molecule has 0 bridgehead atoms. The Morgan fingerprint density at radius 3 is 3.00 bits per heavy atom. The molecule has 0 radical (unpaired) electrons. The predicted molar refractivity (Wildman–Crippen MR) is 61.6 cm³/mol. The summed E-state index contributed by atoms with van der Waals surface area (Å²) >= 11 is 1.15. The van der Waals surface area contributed by atoms with Crippen molar-refractivity contribution in [3.05, 3.63) is 12.3 Å². The molecule has 7 nitrogen and oxygen atoms in total. The summed E-state index contributed by atoms with van der Waals surface area (Å²) in [6, 6.07) is 1.79. The summed E-state index contributed by atoms with van der Waals surface area (Å²) in [4.78, 5) is 10.5. The summed E-state index contributed by atoms with van der Waals surface area (Å²) in [5.41, 5.74) is 0.765. The van der Waals surface area contributed by atoms with Gasteiger partial charge in [-0.05, 0) is 13.0 Å². The van der Waals surface area contributed by atoms with Gasteiger partial charge < -0.3 is 9.67 Å². The van der Waals surface area contributed by atoms with Gasteiger partial charge in [0, 0.05) is 12.7 Å². The van der Waals surface area contributed by atoms with Crippen LogP contribution in [-0.2, 0) is 11.3 Å². The van der Waals surface area contributed by atoms with Crippen LogP contribution in [0.1, 0.15) is 6.92 Å². The largest absolute Gasteiger partial charge is 0.481 e. The lowest BCUT2D eigenvalue weighted by Gasteiger charge is -2.04. The Bertz CT molecular complexity index is 507. The van der Waals surface area contributed by atoms with Crippen molar-refractivity contribution in [1.29, 1.82) is 0 Å². The van der Waals surface area contributed by atoms with Gasteiger partial charge >= 0.3 is 5.97 Å². The third-order valence-corrected chi connectivity index (χ3v) is 3.05. The highest BCUT2D eigenvalue weighted by Crippen LogP contribution is 2.22. The van der Waals surface area contributed by atoms with Gasteiger partial charge in [0.2, 0.25) is 0 Å². The van der Waals surface area contributed by atoms with E-state index in [1.807, 2.05) is 11.5 Å². The lowest BCUT2D eigenvalue weighted by Crippen LogP contribution is -2.03. The minimum Gasteiger partial charge on any atom is -0.481 e. The number of aromatic amines is 1. The average molecular weight is 253 g/mol. The van der Waals surface area contributed by atoms with Crippen molar-refractivity contribution in [3.63, 3.8) is 0 Å². The van der Waals surface area contributed by atoms with Crippen molar-refractivity contribution in [2.45, 2.75) is 18.6 Å². The molecule has 0 amide bonds. The summed E-state index contributed by atoms with van der Waals surface area (Å²) in [6.07, 6.45) is 1.63. The molecule has 0 saturated heterocycles. The normalized spacial score (nSPS) is 10.6. The number of carboxylic acids is 1. The first-order chi connectivity index (χ1) is 8.22. The molecule has 2 aromatic heterocycles. The fourth-order valence-corrected chi connectivity index (χ4v) is 2.11. The van der Waals surface area contributed by atoms with E-state index in [2.05, 4.69) is 20.4 Å². The molecule has 90 valence electrons. The fraction of sp³-hybridized carbons (Fsp3) is 0.333. The van der Waals surface area contributed by atoms with Gasteiger partial charge in [-0.3, -0.25) is 9.89 Å². The van der Waals surface area contributed by atoms with Gasteiger partial charge in [0.25, 0.3) is 0 Å². The summed E-state index contributed by atoms with van der Waals surface area (Å²) in [7, 11) is 0. The van der Waals surface area contributed by atoms with Crippen LogP contribution in [0.25, 0.3) is 11.5 Å². The van der Waals surface area contributed by atoms with Gasteiger partial charge in [-0.1, -0.05) is 11.8 Å². The Balaban J connectivity index is 2.27. The van der Waals surface area contributed by atoms with Crippen LogP contribution in [-0.4, -0.2) is 41.8 Å². The topological polar surface area (TPSA) is 96.7 Å². The predicted octanol–water partition coefficient (Wildman–Crippen LogP) is 0.865. The third kappa shape index (κ3) is 2.47. The minimum atomic E-state index is -0.872. The molecule has 0 aromatic carbocycles. The van der Waals surface area contributed by atoms with Crippen molar-refractivity contribution >= 4 is 17.7 Å². The number of hydrogen-bond donors (Lipinski definition) is 2. The number of hydrogen-bond acceptors (Lipinski definition) is 5. The van der Waals surface area contributed by atoms with E-state index >= 15 is 0 Å². The molecule has 2 N–H and O–H groups in total. The van der Waals surface area contributed by atoms with Crippen molar-refractivity contribution in [2.75, 3.05) is 5.75 Å². The second kappa shape index (κ2) is 5.00. The highest BCUT2D eigenvalue weighted by atomic mass is 32.2. The molecular formula is C9H11N5O2S. The van der Waals surface area contributed by atoms with E-state index in [4.69, 9.17) is 5.11 Å². The zero-order valence-electron chi connectivity index (χ0n) is 9.12. The second-order valence-corrected chi connectivity index (χ2v) is 4.15. The number of aromatic nitrogens is 5. The highest BCUT2D eigenvalue weighted by molar-refractivity contribution is 7.99. The minimum absolute atomic E-state index is 0.0267. The number of rotatable bonds is 5. The van der Waals surface area contributed by atoms with E-state index < -0.39 is 5.97 Å². The molecule has 0 aliphatic carbocycles. The van der Waals surface area contributed by atoms with E-state index in [1.165, 1.54) is 0 Å². The van der Waals surface area contributed by atoms with E-state index in [0.717, 1.165) is 17.5 Å². The standard InChI is InChI=1S/C9H11N5O2S/c1-2-14-8(6-3-4-10-11-6)12-13-9(14)17-5-7(15)16/h3-4H,2,5H2,1H3,(H,10,11)(H,15,16). The summed E-state index contributed by atoms with van der Waals surface area (Å²) in [6.45, 7) is 2.62. The zero-order valence-corrected chi connectivity index (χ0v) is 9.94. The van der Waals surface area contributed by atoms with Crippen molar-refractivity contribution in [1.82, 2.24) is 25.0 Å². The highest BCUT2D eigenvalue weighted by Gasteiger charge is 2.14. The number of nitrogens with zero attached hydrogens (tertiary/aromatic N) is 4. The molecule has 8 heteroatoms. The van der Waals surface area contributed by atoms with Gasteiger partial charge in [-0.2, -0.15) is 5.10 Å². The monoisotopic (exact) mass is 253 g/mol. The van der Waals surface area contributed by atoms with E-state index in [-0.39, 0.29) is 5.75 Å². The quantitative estimate of drug-likeness (QED) is 0.767. The van der Waals surface area contributed by atoms with Crippen molar-refractivity contribution < 1.29 is 9.90 Å². The Morgan fingerprint density at radius 2 is 2.41 bits per heavy atom. The van der Waals surface area contributed by atoms with Crippen molar-refractivity contribution in [2.24, 2.45) is 0 Å². The second-order valence-electron chi connectivity index (χ2n) is 3.20. The van der Waals surface area contributed by atoms with E-state index in [9.17, 15) is 4.79 Å². The summed E-state index contributed by atoms with van der Waals surface area (Å²) in [5.74, 6) is -0.233. The Morgan fingerprint density at radius 1 is 1.59 bits per heavy atom. The SMILES string of the molecule is CCn1c(SCC(=O)O)nnc1-c1ccn[nH]1. The molecule has 0 spiro atoms.